The van der Waals surface area contributed by atoms with Gasteiger partial charge in [0.25, 0.3) is 0 Å². The summed E-state index contributed by atoms with van der Waals surface area (Å²) in [5, 5.41) is 8.14. The maximum absolute atomic E-state index is 13.2. The topological polar surface area (TPSA) is 116 Å². The minimum atomic E-state index is -3.66. The van der Waals surface area contributed by atoms with Gasteiger partial charge in [-0.3, -0.25) is 9.69 Å². The lowest BCUT2D eigenvalue weighted by Crippen LogP contribution is -2.50. The van der Waals surface area contributed by atoms with Crippen LogP contribution < -0.4 is 5.32 Å². The molecule has 182 valence electrons. The Morgan fingerprint density at radius 2 is 1.80 bits per heavy atom. The molecule has 0 aliphatic carbocycles. The Hall–Kier alpha value is -3.54. The molecule has 3 aromatic heterocycles. The number of anilines is 1. The van der Waals surface area contributed by atoms with Crippen LogP contribution in [0, 0.1) is 13.8 Å². The number of nitrogens with one attached hydrogen (secondary N) is 2. The number of benzene rings is 1. The van der Waals surface area contributed by atoms with Gasteiger partial charge in [0.15, 0.2) is 0 Å². The molecule has 0 bridgehead atoms. The number of hydrogen-bond donors (Lipinski definition) is 2. The zero-order chi connectivity index (χ0) is 24.6. The highest BCUT2D eigenvalue weighted by Crippen LogP contribution is 2.26. The largest absolute Gasteiger partial charge is 0.345 e. The van der Waals surface area contributed by atoms with Crippen LogP contribution in [0.3, 0.4) is 0 Å². The summed E-state index contributed by atoms with van der Waals surface area (Å²) in [6.07, 6.45) is 3.11. The van der Waals surface area contributed by atoms with Crippen LogP contribution in [0.5, 0.6) is 0 Å². The molecular formula is C24H27N7O3S. The predicted molar refractivity (Wildman–Crippen MR) is 133 cm³/mol. The lowest BCUT2D eigenvalue weighted by atomic mass is 10.3. The standard InChI is InChI=1S/C24H27N7O3S/c1-17-23(18(2)31(28-17)19-7-4-3-5-8-19)27-22(32)16-29-11-13-30(14-12-29)35(33,34)21-15-26-24-20(21)9-6-10-25-24/h3-10,15H,11-14,16H2,1-2H3,(H,25,26)(H,27,32). The normalized spacial score (nSPS) is 15.5. The molecule has 1 amide bonds. The molecule has 0 radical (unpaired) electrons. The highest BCUT2D eigenvalue weighted by Gasteiger charge is 2.31. The van der Waals surface area contributed by atoms with Gasteiger partial charge in [0, 0.05) is 44.0 Å². The number of carbonyl (C=O) groups excluding carboxylic acids is 1. The van der Waals surface area contributed by atoms with Crippen LogP contribution in [0.1, 0.15) is 11.4 Å². The highest BCUT2D eigenvalue weighted by molar-refractivity contribution is 7.89. The van der Waals surface area contributed by atoms with Crippen molar-refractivity contribution < 1.29 is 13.2 Å². The molecule has 10 nitrogen and oxygen atoms in total. The minimum absolute atomic E-state index is 0.150. The van der Waals surface area contributed by atoms with Gasteiger partial charge in [0.1, 0.15) is 10.5 Å². The third-order valence-electron chi connectivity index (χ3n) is 6.29. The lowest BCUT2D eigenvalue weighted by molar-refractivity contribution is -0.117. The number of sulfonamides is 1. The molecule has 1 saturated heterocycles. The molecule has 1 fully saturated rings. The second-order valence-electron chi connectivity index (χ2n) is 8.57. The molecule has 0 saturated carbocycles. The average molecular weight is 494 g/mol. The molecule has 2 N–H and O–H groups in total. The van der Waals surface area contributed by atoms with Crippen molar-refractivity contribution in [3.8, 4) is 5.69 Å². The van der Waals surface area contributed by atoms with Crippen molar-refractivity contribution in [2.45, 2.75) is 18.7 Å². The molecule has 11 heteroatoms. The summed E-state index contributed by atoms with van der Waals surface area (Å²) in [5.41, 5.74) is 3.77. The number of H-pyrrole nitrogens is 1. The van der Waals surface area contributed by atoms with Gasteiger partial charge in [-0.15, -0.1) is 0 Å². The smallest absolute Gasteiger partial charge is 0.245 e. The Morgan fingerprint density at radius 1 is 1.06 bits per heavy atom. The summed E-state index contributed by atoms with van der Waals surface area (Å²) in [6, 6.07) is 13.2. The van der Waals surface area contributed by atoms with E-state index in [-0.39, 0.29) is 17.3 Å². The van der Waals surface area contributed by atoms with Crippen LogP contribution in [-0.4, -0.2) is 76.0 Å². The molecule has 0 unspecified atom stereocenters. The van der Waals surface area contributed by atoms with Gasteiger partial charge in [-0.2, -0.15) is 9.40 Å². The van der Waals surface area contributed by atoms with Crippen molar-refractivity contribution in [3.05, 3.63) is 66.2 Å². The van der Waals surface area contributed by atoms with Crippen molar-refractivity contribution in [2.75, 3.05) is 38.0 Å². The summed E-state index contributed by atoms with van der Waals surface area (Å²) in [6.45, 7) is 5.53. The SMILES string of the molecule is Cc1nn(-c2ccccc2)c(C)c1NC(=O)CN1CCN(S(=O)(=O)c2c[nH]c3ncccc23)CC1. The first-order valence-corrected chi connectivity index (χ1v) is 12.8. The maximum Gasteiger partial charge on any atom is 0.245 e. The second kappa shape index (κ2) is 9.25. The Balaban J connectivity index is 1.21. The van der Waals surface area contributed by atoms with Gasteiger partial charge in [-0.1, -0.05) is 18.2 Å². The fourth-order valence-corrected chi connectivity index (χ4v) is 6.01. The Kier molecular flexibility index (Phi) is 6.13. The van der Waals surface area contributed by atoms with E-state index in [0.29, 0.717) is 42.9 Å². The van der Waals surface area contributed by atoms with Crippen molar-refractivity contribution in [1.82, 2.24) is 29.0 Å². The van der Waals surface area contributed by atoms with E-state index < -0.39 is 10.0 Å². The van der Waals surface area contributed by atoms with Crippen molar-refractivity contribution in [1.29, 1.82) is 0 Å². The van der Waals surface area contributed by atoms with Crippen molar-refractivity contribution in [3.63, 3.8) is 0 Å². The van der Waals surface area contributed by atoms with E-state index in [9.17, 15) is 13.2 Å². The molecule has 1 aliphatic rings. The molecular weight excluding hydrogens is 466 g/mol. The van der Waals surface area contributed by atoms with Crippen molar-refractivity contribution >= 4 is 32.7 Å². The minimum Gasteiger partial charge on any atom is -0.345 e. The van der Waals surface area contributed by atoms with Gasteiger partial charge in [0.2, 0.25) is 15.9 Å². The number of piperazine rings is 1. The number of amides is 1. The van der Waals surface area contributed by atoms with Crippen LogP contribution in [0.4, 0.5) is 5.69 Å². The first kappa shape index (κ1) is 23.2. The van der Waals surface area contributed by atoms with Gasteiger partial charge in [-0.05, 0) is 38.1 Å². The fourth-order valence-electron chi connectivity index (χ4n) is 4.44. The molecule has 1 aromatic carbocycles. The van der Waals surface area contributed by atoms with E-state index in [0.717, 1.165) is 17.1 Å². The number of carbonyl (C=O) groups is 1. The van der Waals surface area contributed by atoms with Crippen LogP contribution in [0.15, 0.2) is 59.8 Å². The van der Waals surface area contributed by atoms with Crippen LogP contribution in [-0.2, 0) is 14.8 Å². The summed E-state index contributed by atoms with van der Waals surface area (Å²) in [4.78, 5) is 22.1. The fraction of sp³-hybridized carbons (Fsp3) is 0.292. The number of aromatic nitrogens is 4. The summed E-state index contributed by atoms with van der Waals surface area (Å²) < 4.78 is 29.7. The monoisotopic (exact) mass is 493 g/mol. The molecule has 5 rings (SSSR count). The number of para-hydroxylation sites is 1. The van der Waals surface area contributed by atoms with E-state index in [1.807, 2.05) is 53.8 Å². The number of rotatable bonds is 6. The Bertz CT molecular complexity index is 1470. The first-order valence-electron chi connectivity index (χ1n) is 11.4. The number of nitrogens with zero attached hydrogens (tertiary/aromatic N) is 5. The molecule has 0 atom stereocenters. The van der Waals surface area contributed by atoms with Gasteiger partial charge in [-0.25, -0.2) is 18.1 Å². The van der Waals surface area contributed by atoms with E-state index in [2.05, 4.69) is 20.4 Å². The number of pyridine rings is 1. The number of aryl methyl sites for hydroxylation is 1. The zero-order valence-corrected chi connectivity index (χ0v) is 20.4. The summed E-state index contributed by atoms with van der Waals surface area (Å²) >= 11 is 0. The van der Waals surface area contributed by atoms with Gasteiger partial charge in [0.05, 0.1) is 29.3 Å². The lowest BCUT2D eigenvalue weighted by Gasteiger charge is -2.33. The van der Waals surface area contributed by atoms with Gasteiger partial charge >= 0.3 is 0 Å². The molecule has 0 spiro atoms. The van der Waals surface area contributed by atoms with E-state index in [4.69, 9.17) is 0 Å². The quantitative estimate of drug-likeness (QED) is 0.426. The second-order valence-corrected chi connectivity index (χ2v) is 10.5. The molecule has 4 aromatic rings. The maximum atomic E-state index is 13.2. The Morgan fingerprint density at radius 3 is 2.54 bits per heavy atom. The van der Waals surface area contributed by atoms with Crippen LogP contribution in [0.2, 0.25) is 0 Å². The van der Waals surface area contributed by atoms with Crippen molar-refractivity contribution in [2.24, 2.45) is 0 Å². The molecule has 35 heavy (non-hydrogen) atoms. The first-order chi connectivity index (χ1) is 16.8. The average Bonchev–Trinajstić information content (AvgIpc) is 3.42. The van der Waals surface area contributed by atoms with Gasteiger partial charge < -0.3 is 10.3 Å². The van der Waals surface area contributed by atoms with Crippen LogP contribution in [0.25, 0.3) is 16.7 Å². The van der Waals surface area contributed by atoms with E-state index in [1.165, 1.54) is 10.5 Å². The summed E-state index contributed by atoms with van der Waals surface area (Å²) in [7, 11) is -3.66. The Labute approximate surface area is 203 Å². The van der Waals surface area contributed by atoms with E-state index in [1.54, 1.807) is 18.3 Å². The molecule has 1 aliphatic heterocycles. The highest BCUT2D eigenvalue weighted by atomic mass is 32.2. The van der Waals surface area contributed by atoms with E-state index >= 15 is 0 Å². The summed E-state index contributed by atoms with van der Waals surface area (Å²) in [5.74, 6) is -0.150. The molecule has 4 heterocycles. The zero-order valence-electron chi connectivity index (χ0n) is 19.6. The number of aromatic amines is 1. The number of fused-ring (bicyclic) bond motifs is 1. The predicted octanol–water partition coefficient (Wildman–Crippen LogP) is 2.31. The van der Waals surface area contributed by atoms with Crippen LogP contribution >= 0.6 is 0 Å². The third-order valence-corrected chi connectivity index (χ3v) is 8.22. The number of hydrogen-bond acceptors (Lipinski definition) is 6. The third kappa shape index (κ3) is 4.45.